The molecule has 1 fully saturated rings. The SMILES string of the molecule is O=C(O)C1C[C@H]2C[C@H](CN(Cc3ccccc3)C2)c2ccccc21. The minimum Gasteiger partial charge on any atom is -0.481 e. The molecule has 0 radical (unpaired) electrons. The van der Waals surface area contributed by atoms with Crippen LogP contribution in [0, 0.1) is 5.92 Å². The Labute approximate surface area is 142 Å². The van der Waals surface area contributed by atoms with Gasteiger partial charge in [-0.1, -0.05) is 54.6 Å². The van der Waals surface area contributed by atoms with E-state index < -0.39 is 5.97 Å². The Morgan fingerprint density at radius 3 is 2.42 bits per heavy atom. The number of nitrogens with zero attached hydrogens (tertiary/aromatic N) is 1. The molecule has 1 aliphatic carbocycles. The molecular weight excluding hydrogens is 298 g/mol. The first-order valence-corrected chi connectivity index (χ1v) is 8.78. The van der Waals surface area contributed by atoms with Gasteiger partial charge in [0.1, 0.15) is 0 Å². The van der Waals surface area contributed by atoms with Crippen molar-refractivity contribution in [1.82, 2.24) is 4.90 Å². The number of hydrogen-bond acceptors (Lipinski definition) is 2. The minimum absolute atomic E-state index is 0.354. The maximum atomic E-state index is 11.8. The number of carboxylic acid groups (broad SMARTS) is 1. The molecule has 1 unspecified atom stereocenters. The number of carboxylic acids is 1. The van der Waals surface area contributed by atoms with E-state index in [1.165, 1.54) is 11.1 Å². The Morgan fingerprint density at radius 1 is 0.958 bits per heavy atom. The monoisotopic (exact) mass is 321 g/mol. The van der Waals surface area contributed by atoms with Crippen molar-refractivity contribution in [2.24, 2.45) is 5.92 Å². The molecule has 1 heterocycles. The molecule has 0 amide bonds. The van der Waals surface area contributed by atoms with Crippen LogP contribution < -0.4 is 0 Å². The molecule has 4 rings (SSSR count). The summed E-state index contributed by atoms with van der Waals surface area (Å²) in [6.45, 7) is 2.98. The van der Waals surface area contributed by atoms with E-state index >= 15 is 0 Å². The Hall–Kier alpha value is -2.13. The average Bonchev–Trinajstić information content (AvgIpc) is 2.71. The first-order valence-electron chi connectivity index (χ1n) is 8.78. The van der Waals surface area contributed by atoms with Gasteiger partial charge in [-0.15, -0.1) is 0 Å². The van der Waals surface area contributed by atoms with Gasteiger partial charge in [0, 0.05) is 19.6 Å². The molecule has 2 aromatic rings. The Kier molecular flexibility index (Phi) is 4.11. The Balaban J connectivity index is 1.63. The highest BCUT2D eigenvalue weighted by atomic mass is 16.4. The molecule has 1 saturated heterocycles. The van der Waals surface area contributed by atoms with E-state index in [-0.39, 0.29) is 5.92 Å². The second kappa shape index (κ2) is 6.40. The van der Waals surface area contributed by atoms with Crippen LogP contribution in [0.25, 0.3) is 0 Å². The van der Waals surface area contributed by atoms with Gasteiger partial charge >= 0.3 is 5.97 Å². The molecule has 1 aliphatic heterocycles. The number of likely N-dealkylation sites (tertiary alicyclic amines) is 1. The van der Waals surface area contributed by atoms with E-state index in [0.717, 1.165) is 38.0 Å². The second-order valence-electron chi connectivity index (χ2n) is 7.23. The first kappa shape index (κ1) is 15.4. The fraction of sp³-hybridized carbons (Fsp3) is 0.381. The number of fused-ring (bicyclic) bond motifs is 4. The number of carbonyl (C=O) groups is 1. The number of rotatable bonds is 3. The van der Waals surface area contributed by atoms with Crippen molar-refractivity contribution in [3.8, 4) is 0 Å². The van der Waals surface area contributed by atoms with Gasteiger partial charge in [0.05, 0.1) is 5.92 Å². The molecule has 24 heavy (non-hydrogen) atoms. The standard InChI is InChI=1S/C21H23NO2/c23-21(24)20-11-16-10-17(18-8-4-5-9-19(18)20)14-22(13-16)12-15-6-2-1-3-7-15/h1-9,16-17,20H,10-14H2,(H,23,24)/t16-,17-,20?/m1/s1. The lowest BCUT2D eigenvalue weighted by molar-refractivity contribution is -0.139. The molecule has 2 aromatic carbocycles. The summed E-state index contributed by atoms with van der Waals surface area (Å²) in [4.78, 5) is 14.3. The average molecular weight is 321 g/mol. The Morgan fingerprint density at radius 2 is 1.67 bits per heavy atom. The van der Waals surface area contributed by atoms with E-state index in [1.54, 1.807) is 0 Å². The molecule has 2 bridgehead atoms. The van der Waals surface area contributed by atoms with Crippen LogP contribution in [-0.2, 0) is 11.3 Å². The van der Waals surface area contributed by atoms with Gasteiger partial charge in [0.25, 0.3) is 0 Å². The van der Waals surface area contributed by atoms with Gasteiger partial charge in [0.2, 0.25) is 0 Å². The normalized spacial score (nSPS) is 26.4. The van der Waals surface area contributed by atoms with E-state index in [2.05, 4.69) is 35.2 Å². The summed E-state index contributed by atoms with van der Waals surface area (Å²) in [6.07, 6.45) is 1.88. The smallest absolute Gasteiger partial charge is 0.310 e. The number of benzene rings is 2. The quantitative estimate of drug-likeness (QED) is 0.933. The Bertz CT molecular complexity index is 728. The minimum atomic E-state index is -0.676. The molecular formula is C21H23NO2. The van der Waals surface area contributed by atoms with Crippen LogP contribution in [-0.4, -0.2) is 29.1 Å². The molecule has 0 saturated carbocycles. The zero-order valence-electron chi connectivity index (χ0n) is 13.8. The number of aliphatic carboxylic acids is 1. The zero-order valence-corrected chi connectivity index (χ0v) is 13.8. The largest absolute Gasteiger partial charge is 0.481 e. The molecule has 3 nitrogen and oxygen atoms in total. The highest BCUT2D eigenvalue weighted by Gasteiger charge is 2.37. The van der Waals surface area contributed by atoms with Crippen LogP contribution in [0.3, 0.4) is 0 Å². The van der Waals surface area contributed by atoms with Crippen molar-refractivity contribution in [3.05, 3.63) is 71.3 Å². The maximum absolute atomic E-state index is 11.8. The highest BCUT2D eigenvalue weighted by Crippen LogP contribution is 2.43. The predicted octanol–water partition coefficient (Wildman–Crippen LogP) is 3.86. The third kappa shape index (κ3) is 2.96. The van der Waals surface area contributed by atoms with Gasteiger partial charge in [-0.05, 0) is 41.4 Å². The summed E-state index contributed by atoms with van der Waals surface area (Å²) < 4.78 is 0. The van der Waals surface area contributed by atoms with Gasteiger partial charge < -0.3 is 5.11 Å². The topological polar surface area (TPSA) is 40.5 Å². The molecule has 3 atom stereocenters. The fourth-order valence-electron chi connectivity index (χ4n) is 4.56. The molecule has 3 heteroatoms. The maximum Gasteiger partial charge on any atom is 0.310 e. The third-order valence-corrected chi connectivity index (χ3v) is 5.54. The highest BCUT2D eigenvalue weighted by molar-refractivity contribution is 5.77. The summed E-state index contributed by atoms with van der Waals surface area (Å²) in [6, 6.07) is 18.8. The molecule has 0 spiro atoms. The van der Waals surface area contributed by atoms with E-state index in [0.29, 0.717) is 11.8 Å². The summed E-state index contributed by atoms with van der Waals surface area (Å²) in [5.74, 6) is -0.119. The van der Waals surface area contributed by atoms with Crippen molar-refractivity contribution < 1.29 is 9.90 Å². The second-order valence-corrected chi connectivity index (χ2v) is 7.23. The van der Waals surface area contributed by atoms with Gasteiger partial charge in [-0.25, -0.2) is 0 Å². The van der Waals surface area contributed by atoms with E-state index in [1.807, 2.05) is 24.3 Å². The summed E-state index contributed by atoms with van der Waals surface area (Å²) in [5.41, 5.74) is 3.63. The number of piperidine rings is 1. The first-order chi connectivity index (χ1) is 11.7. The van der Waals surface area contributed by atoms with Crippen LogP contribution in [0.5, 0.6) is 0 Å². The fourth-order valence-corrected chi connectivity index (χ4v) is 4.56. The van der Waals surface area contributed by atoms with Crippen LogP contribution in [0.1, 0.15) is 41.4 Å². The lowest BCUT2D eigenvalue weighted by atomic mass is 9.85. The predicted molar refractivity (Wildman–Crippen MR) is 94.0 cm³/mol. The van der Waals surface area contributed by atoms with Crippen molar-refractivity contribution in [2.45, 2.75) is 31.2 Å². The third-order valence-electron chi connectivity index (χ3n) is 5.54. The summed E-state index contributed by atoms with van der Waals surface area (Å²) in [7, 11) is 0. The lowest BCUT2D eigenvalue weighted by Gasteiger charge is -2.37. The van der Waals surface area contributed by atoms with Crippen molar-refractivity contribution in [2.75, 3.05) is 13.1 Å². The van der Waals surface area contributed by atoms with Crippen LogP contribution >= 0.6 is 0 Å². The molecule has 1 N–H and O–H groups in total. The van der Waals surface area contributed by atoms with Crippen molar-refractivity contribution in [1.29, 1.82) is 0 Å². The van der Waals surface area contributed by atoms with Crippen LogP contribution in [0.4, 0.5) is 0 Å². The van der Waals surface area contributed by atoms with E-state index in [4.69, 9.17) is 0 Å². The zero-order chi connectivity index (χ0) is 16.5. The van der Waals surface area contributed by atoms with Crippen molar-refractivity contribution in [3.63, 3.8) is 0 Å². The van der Waals surface area contributed by atoms with Crippen molar-refractivity contribution >= 4 is 5.97 Å². The summed E-state index contributed by atoms with van der Waals surface area (Å²) >= 11 is 0. The van der Waals surface area contributed by atoms with Gasteiger partial charge in [-0.2, -0.15) is 0 Å². The van der Waals surface area contributed by atoms with Crippen LogP contribution in [0.2, 0.25) is 0 Å². The molecule has 2 aliphatic rings. The lowest BCUT2D eigenvalue weighted by Crippen LogP contribution is -2.38. The summed E-state index contributed by atoms with van der Waals surface area (Å²) in [5, 5.41) is 9.72. The van der Waals surface area contributed by atoms with E-state index in [9.17, 15) is 9.90 Å². The number of hydrogen-bond donors (Lipinski definition) is 1. The molecule has 0 aromatic heterocycles. The molecule has 124 valence electrons. The van der Waals surface area contributed by atoms with Gasteiger partial charge in [0.15, 0.2) is 0 Å². The van der Waals surface area contributed by atoms with Crippen LogP contribution in [0.15, 0.2) is 54.6 Å². The van der Waals surface area contributed by atoms with Gasteiger partial charge in [-0.3, -0.25) is 9.69 Å².